The van der Waals surface area contributed by atoms with Crippen molar-refractivity contribution in [1.29, 1.82) is 0 Å². The van der Waals surface area contributed by atoms with E-state index in [1.165, 1.54) is 12.8 Å². The number of aromatic nitrogens is 1. The molecule has 0 fully saturated rings. The number of anilines is 1. The van der Waals surface area contributed by atoms with Gasteiger partial charge in [0.25, 0.3) is 0 Å². The second-order valence-corrected chi connectivity index (χ2v) is 4.48. The van der Waals surface area contributed by atoms with Crippen LogP contribution in [-0.4, -0.2) is 24.5 Å². The Labute approximate surface area is 109 Å². The standard InChI is InChI=1S/C13H21ClN2O/c1-3-4-11(5-7-14)10-16-12-6-8-15-13(9-12)17-2/h6,8-9,11H,3-5,7,10H2,1-2H3,(H,15,16). The molecule has 1 unspecified atom stereocenters. The van der Waals surface area contributed by atoms with Crippen LogP contribution in [0.5, 0.6) is 5.88 Å². The van der Waals surface area contributed by atoms with Crippen molar-refractivity contribution in [2.45, 2.75) is 26.2 Å². The first-order valence-electron chi connectivity index (χ1n) is 6.10. The van der Waals surface area contributed by atoms with Crippen molar-refractivity contribution in [3.63, 3.8) is 0 Å². The van der Waals surface area contributed by atoms with Crippen LogP contribution in [0.4, 0.5) is 5.69 Å². The highest BCUT2D eigenvalue weighted by molar-refractivity contribution is 6.17. The van der Waals surface area contributed by atoms with E-state index in [0.29, 0.717) is 11.8 Å². The molecule has 3 nitrogen and oxygen atoms in total. The second-order valence-electron chi connectivity index (χ2n) is 4.10. The van der Waals surface area contributed by atoms with E-state index in [0.717, 1.165) is 24.5 Å². The van der Waals surface area contributed by atoms with Gasteiger partial charge < -0.3 is 10.1 Å². The van der Waals surface area contributed by atoms with E-state index in [1.54, 1.807) is 13.3 Å². The molecule has 17 heavy (non-hydrogen) atoms. The van der Waals surface area contributed by atoms with Crippen molar-refractivity contribution < 1.29 is 4.74 Å². The second kappa shape index (κ2) is 8.18. The Balaban J connectivity index is 2.46. The number of nitrogens with zero attached hydrogens (tertiary/aromatic N) is 1. The fourth-order valence-corrected chi connectivity index (χ4v) is 2.11. The summed E-state index contributed by atoms with van der Waals surface area (Å²) in [6.45, 7) is 3.16. The van der Waals surface area contributed by atoms with Gasteiger partial charge in [-0.25, -0.2) is 4.98 Å². The van der Waals surface area contributed by atoms with Crippen LogP contribution in [0.15, 0.2) is 18.3 Å². The molecule has 1 heterocycles. The first-order chi connectivity index (χ1) is 8.30. The zero-order valence-electron chi connectivity index (χ0n) is 10.6. The zero-order valence-corrected chi connectivity index (χ0v) is 11.3. The third-order valence-corrected chi connectivity index (χ3v) is 2.97. The maximum Gasteiger partial charge on any atom is 0.214 e. The largest absolute Gasteiger partial charge is 0.481 e. The molecule has 0 radical (unpaired) electrons. The summed E-state index contributed by atoms with van der Waals surface area (Å²) in [7, 11) is 1.62. The number of alkyl halides is 1. The van der Waals surface area contributed by atoms with Crippen LogP contribution in [0.25, 0.3) is 0 Å². The molecule has 96 valence electrons. The van der Waals surface area contributed by atoms with Gasteiger partial charge >= 0.3 is 0 Å². The molecule has 1 N–H and O–H groups in total. The van der Waals surface area contributed by atoms with Crippen LogP contribution in [0.3, 0.4) is 0 Å². The fraction of sp³-hybridized carbons (Fsp3) is 0.615. The lowest BCUT2D eigenvalue weighted by Crippen LogP contribution is -2.15. The minimum Gasteiger partial charge on any atom is -0.481 e. The molecule has 0 aliphatic rings. The third kappa shape index (κ3) is 5.26. The lowest BCUT2D eigenvalue weighted by molar-refractivity contribution is 0.398. The van der Waals surface area contributed by atoms with Crippen LogP contribution < -0.4 is 10.1 Å². The van der Waals surface area contributed by atoms with Crippen molar-refractivity contribution in [3.8, 4) is 5.88 Å². The minimum atomic E-state index is 0.636. The lowest BCUT2D eigenvalue weighted by atomic mass is 10.0. The van der Waals surface area contributed by atoms with E-state index in [9.17, 15) is 0 Å². The van der Waals surface area contributed by atoms with E-state index in [1.807, 2.05) is 12.1 Å². The number of nitrogens with one attached hydrogen (secondary N) is 1. The summed E-state index contributed by atoms with van der Waals surface area (Å²) < 4.78 is 5.08. The maximum atomic E-state index is 5.80. The molecule has 0 saturated heterocycles. The van der Waals surface area contributed by atoms with E-state index < -0.39 is 0 Å². The highest BCUT2D eigenvalue weighted by atomic mass is 35.5. The van der Waals surface area contributed by atoms with Gasteiger partial charge in [-0.3, -0.25) is 0 Å². The summed E-state index contributed by atoms with van der Waals surface area (Å²) in [6, 6.07) is 3.86. The van der Waals surface area contributed by atoms with Crippen LogP contribution in [0.1, 0.15) is 26.2 Å². The van der Waals surface area contributed by atoms with E-state index in [4.69, 9.17) is 16.3 Å². The highest BCUT2D eigenvalue weighted by Crippen LogP contribution is 2.17. The van der Waals surface area contributed by atoms with Gasteiger partial charge in [-0.15, -0.1) is 11.6 Å². The summed E-state index contributed by atoms with van der Waals surface area (Å²) in [5.74, 6) is 2.00. The molecular weight excluding hydrogens is 236 g/mol. The fourth-order valence-electron chi connectivity index (χ4n) is 1.80. The summed E-state index contributed by atoms with van der Waals surface area (Å²) in [6.07, 6.45) is 5.22. The van der Waals surface area contributed by atoms with Gasteiger partial charge in [0, 0.05) is 30.4 Å². The number of hydrogen-bond acceptors (Lipinski definition) is 3. The van der Waals surface area contributed by atoms with E-state index in [-0.39, 0.29) is 0 Å². The van der Waals surface area contributed by atoms with Gasteiger partial charge in [-0.2, -0.15) is 0 Å². The van der Waals surface area contributed by atoms with Crippen molar-refractivity contribution in [2.75, 3.05) is 24.9 Å². The molecule has 0 saturated carbocycles. The summed E-state index contributed by atoms with van der Waals surface area (Å²) in [5.41, 5.74) is 1.05. The van der Waals surface area contributed by atoms with Crippen LogP contribution >= 0.6 is 11.6 Å². The Bertz CT molecular complexity index is 314. The Morgan fingerprint density at radius 3 is 2.94 bits per heavy atom. The zero-order chi connectivity index (χ0) is 12.5. The normalized spacial score (nSPS) is 12.2. The van der Waals surface area contributed by atoms with Gasteiger partial charge in [-0.1, -0.05) is 13.3 Å². The number of pyridine rings is 1. The maximum absolute atomic E-state index is 5.80. The highest BCUT2D eigenvalue weighted by Gasteiger charge is 2.07. The van der Waals surface area contributed by atoms with Gasteiger partial charge in [0.1, 0.15) is 0 Å². The van der Waals surface area contributed by atoms with Gasteiger partial charge in [-0.05, 0) is 24.8 Å². The predicted octanol–water partition coefficient (Wildman–Crippen LogP) is 3.55. The molecule has 0 aromatic carbocycles. The van der Waals surface area contributed by atoms with Gasteiger partial charge in [0.15, 0.2) is 0 Å². The Hall–Kier alpha value is -0.960. The van der Waals surface area contributed by atoms with Crippen LogP contribution in [0, 0.1) is 5.92 Å². The topological polar surface area (TPSA) is 34.2 Å². The molecule has 0 amide bonds. The average Bonchev–Trinajstić information content (AvgIpc) is 2.37. The summed E-state index contributed by atoms with van der Waals surface area (Å²) >= 11 is 5.80. The monoisotopic (exact) mass is 256 g/mol. The first-order valence-corrected chi connectivity index (χ1v) is 6.63. The molecule has 0 aliphatic carbocycles. The molecule has 0 aliphatic heterocycles. The Morgan fingerprint density at radius 2 is 2.29 bits per heavy atom. The first kappa shape index (κ1) is 14.1. The van der Waals surface area contributed by atoms with Crippen molar-refractivity contribution in [3.05, 3.63) is 18.3 Å². The van der Waals surface area contributed by atoms with E-state index in [2.05, 4.69) is 17.2 Å². The number of halogens is 1. The predicted molar refractivity (Wildman–Crippen MR) is 73.0 cm³/mol. The molecule has 1 rings (SSSR count). The SMILES string of the molecule is CCCC(CCCl)CNc1ccnc(OC)c1. The molecule has 1 aromatic rings. The van der Waals surface area contributed by atoms with Gasteiger partial charge in [0.2, 0.25) is 5.88 Å². The third-order valence-electron chi connectivity index (χ3n) is 2.75. The van der Waals surface area contributed by atoms with E-state index >= 15 is 0 Å². The van der Waals surface area contributed by atoms with Crippen LogP contribution in [0.2, 0.25) is 0 Å². The lowest BCUT2D eigenvalue weighted by Gasteiger charge is -2.16. The van der Waals surface area contributed by atoms with Crippen molar-refractivity contribution >= 4 is 17.3 Å². The van der Waals surface area contributed by atoms with Crippen LogP contribution in [-0.2, 0) is 0 Å². The number of rotatable bonds is 8. The Morgan fingerprint density at radius 1 is 1.47 bits per heavy atom. The number of methoxy groups -OCH3 is 1. The smallest absolute Gasteiger partial charge is 0.214 e. The number of hydrogen-bond donors (Lipinski definition) is 1. The quantitative estimate of drug-likeness (QED) is 0.723. The minimum absolute atomic E-state index is 0.636. The van der Waals surface area contributed by atoms with Gasteiger partial charge in [0.05, 0.1) is 7.11 Å². The molecule has 4 heteroatoms. The van der Waals surface area contributed by atoms with Crippen molar-refractivity contribution in [2.24, 2.45) is 5.92 Å². The molecule has 1 atom stereocenters. The summed E-state index contributed by atoms with van der Waals surface area (Å²) in [4.78, 5) is 4.07. The Kier molecular flexibility index (Phi) is 6.78. The number of ether oxygens (including phenoxy) is 1. The molecule has 1 aromatic heterocycles. The summed E-state index contributed by atoms with van der Waals surface area (Å²) in [5, 5.41) is 3.41. The molecule has 0 bridgehead atoms. The van der Waals surface area contributed by atoms with Crippen molar-refractivity contribution in [1.82, 2.24) is 4.98 Å². The molecular formula is C13H21ClN2O. The average molecular weight is 257 g/mol. The molecule has 0 spiro atoms.